The van der Waals surface area contributed by atoms with Crippen LogP contribution in [0.1, 0.15) is 17.0 Å². The molecular formula is C27H20N4OS. The molecule has 160 valence electrons. The number of nitriles is 1. The van der Waals surface area contributed by atoms with E-state index in [9.17, 15) is 10.1 Å². The van der Waals surface area contributed by atoms with E-state index >= 15 is 0 Å². The lowest BCUT2D eigenvalue weighted by Crippen LogP contribution is -2.31. The van der Waals surface area contributed by atoms with Gasteiger partial charge in [-0.05, 0) is 42.8 Å². The number of hydrogen-bond donors (Lipinski definition) is 0. The highest BCUT2D eigenvalue weighted by atomic mass is 32.1. The second kappa shape index (κ2) is 8.38. The highest BCUT2D eigenvalue weighted by molar-refractivity contribution is 7.07. The van der Waals surface area contributed by atoms with Crippen LogP contribution in [0.25, 0.3) is 28.4 Å². The van der Waals surface area contributed by atoms with Gasteiger partial charge in [0.2, 0.25) is 0 Å². The Balaban J connectivity index is 1.88. The average Bonchev–Trinajstić information content (AvgIpc) is 3.34. The zero-order valence-electron chi connectivity index (χ0n) is 18.2. The van der Waals surface area contributed by atoms with Crippen molar-refractivity contribution in [2.75, 3.05) is 0 Å². The molecule has 2 heterocycles. The standard InChI is InChI=1S/C27H20N4OS/c1-18-12-14-19(15-13-18)16-24-26(32)31(20-8-4-3-5-9-20)27(33-24)21(17-28)25-29-22-10-6-7-11-23(22)30(25)2/h3-16H,1-2H3/b24-16+,27-21-. The molecule has 0 unspecified atom stereocenters. The van der Waals surface area contributed by atoms with Crippen molar-refractivity contribution >= 4 is 34.0 Å². The normalized spacial score (nSPS) is 12.7. The van der Waals surface area contributed by atoms with Crippen LogP contribution in [0.4, 0.5) is 0 Å². The number of fused-ring (bicyclic) bond motifs is 1. The van der Waals surface area contributed by atoms with Crippen molar-refractivity contribution in [3.05, 3.63) is 115 Å². The minimum Gasteiger partial charge on any atom is -0.326 e. The third-order valence-corrected chi connectivity index (χ3v) is 6.64. The molecule has 5 rings (SSSR count). The van der Waals surface area contributed by atoms with Gasteiger partial charge in [-0.3, -0.25) is 9.36 Å². The number of aromatic nitrogens is 3. The quantitative estimate of drug-likeness (QED) is 0.423. The van der Waals surface area contributed by atoms with Gasteiger partial charge < -0.3 is 4.57 Å². The summed E-state index contributed by atoms with van der Waals surface area (Å²) in [7, 11) is 1.89. The van der Waals surface area contributed by atoms with E-state index in [2.05, 4.69) is 6.07 Å². The van der Waals surface area contributed by atoms with E-state index < -0.39 is 0 Å². The number of para-hydroxylation sites is 3. The maximum absolute atomic E-state index is 13.6. The van der Waals surface area contributed by atoms with Crippen LogP contribution in [0.15, 0.2) is 83.7 Å². The Morgan fingerprint density at radius 1 is 1.00 bits per heavy atom. The minimum atomic E-state index is -0.159. The van der Waals surface area contributed by atoms with Gasteiger partial charge >= 0.3 is 0 Å². The van der Waals surface area contributed by atoms with Gasteiger partial charge in [-0.2, -0.15) is 5.26 Å². The Hall–Kier alpha value is -4.21. The summed E-state index contributed by atoms with van der Waals surface area (Å²) in [5.41, 5.74) is 4.74. The van der Waals surface area contributed by atoms with E-state index in [0.29, 0.717) is 26.3 Å². The summed E-state index contributed by atoms with van der Waals surface area (Å²) >= 11 is 1.31. The number of thiazole rings is 1. The molecule has 2 aromatic heterocycles. The van der Waals surface area contributed by atoms with Gasteiger partial charge in [0, 0.05) is 7.05 Å². The Bertz CT molecular complexity index is 1700. The minimum absolute atomic E-state index is 0.159. The van der Waals surface area contributed by atoms with Crippen LogP contribution >= 0.6 is 11.3 Å². The van der Waals surface area contributed by atoms with Crippen molar-refractivity contribution in [1.29, 1.82) is 5.26 Å². The molecule has 0 N–H and O–H groups in total. The Labute approximate surface area is 194 Å². The van der Waals surface area contributed by atoms with Crippen molar-refractivity contribution in [3.63, 3.8) is 0 Å². The number of imidazole rings is 1. The van der Waals surface area contributed by atoms with Crippen molar-refractivity contribution in [1.82, 2.24) is 14.1 Å². The number of nitrogens with zero attached hydrogens (tertiary/aromatic N) is 4. The first-order valence-electron chi connectivity index (χ1n) is 10.5. The van der Waals surface area contributed by atoms with Gasteiger partial charge in [0.15, 0.2) is 5.82 Å². The molecule has 0 fully saturated rings. The first-order chi connectivity index (χ1) is 16.1. The van der Waals surface area contributed by atoms with Crippen molar-refractivity contribution in [3.8, 4) is 11.8 Å². The van der Waals surface area contributed by atoms with Crippen LogP contribution in [-0.2, 0) is 7.05 Å². The lowest BCUT2D eigenvalue weighted by molar-refractivity contribution is 0.915. The zero-order valence-corrected chi connectivity index (χ0v) is 19.0. The highest BCUT2D eigenvalue weighted by Crippen LogP contribution is 2.19. The van der Waals surface area contributed by atoms with Gasteiger partial charge in [0.25, 0.3) is 5.56 Å². The van der Waals surface area contributed by atoms with Gasteiger partial charge in [-0.1, -0.05) is 60.2 Å². The topological polar surface area (TPSA) is 63.6 Å². The largest absolute Gasteiger partial charge is 0.326 e. The van der Waals surface area contributed by atoms with Crippen LogP contribution in [0.3, 0.4) is 0 Å². The lowest BCUT2D eigenvalue weighted by Gasteiger charge is -2.04. The summed E-state index contributed by atoms with van der Waals surface area (Å²) in [4.78, 5) is 18.3. The summed E-state index contributed by atoms with van der Waals surface area (Å²) in [5, 5.41) is 10.2. The van der Waals surface area contributed by atoms with E-state index in [1.165, 1.54) is 11.3 Å². The van der Waals surface area contributed by atoms with Crippen LogP contribution in [0, 0.1) is 18.3 Å². The molecule has 0 amide bonds. The molecule has 0 atom stereocenters. The number of hydrogen-bond acceptors (Lipinski definition) is 4. The van der Waals surface area contributed by atoms with Crippen LogP contribution in [0.5, 0.6) is 0 Å². The third-order valence-electron chi connectivity index (χ3n) is 5.55. The highest BCUT2D eigenvalue weighted by Gasteiger charge is 2.17. The van der Waals surface area contributed by atoms with Gasteiger partial charge in [0.05, 0.1) is 21.3 Å². The summed E-state index contributed by atoms with van der Waals surface area (Å²) < 4.78 is 4.63. The Morgan fingerprint density at radius 2 is 1.70 bits per heavy atom. The predicted molar refractivity (Wildman–Crippen MR) is 133 cm³/mol. The summed E-state index contributed by atoms with van der Waals surface area (Å²) in [6.45, 7) is 2.03. The second-order valence-electron chi connectivity index (χ2n) is 7.77. The van der Waals surface area contributed by atoms with Crippen molar-refractivity contribution in [2.24, 2.45) is 7.05 Å². The molecule has 6 heteroatoms. The molecule has 0 saturated heterocycles. The fourth-order valence-electron chi connectivity index (χ4n) is 3.84. The summed E-state index contributed by atoms with van der Waals surface area (Å²) in [6.07, 6.45) is 1.87. The van der Waals surface area contributed by atoms with E-state index in [1.54, 1.807) is 4.57 Å². The number of rotatable bonds is 3. The molecule has 0 aliphatic rings. The van der Waals surface area contributed by atoms with Crippen LogP contribution in [0.2, 0.25) is 0 Å². The zero-order chi connectivity index (χ0) is 22.9. The van der Waals surface area contributed by atoms with Gasteiger partial charge in [-0.15, -0.1) is 11.3 Å². The smallest absolute Gasteiger partial charge is 0.273 e. The predicted octanol–water partition coefficient (Wildman–Crippen LogP) is 3.65. The second-order valence-corrected chi connectivity index (χ2v) is 8.80. The molecule has 0 spiro atoms. The SMILES string of the molecule is Cc1ccc(/C=c2/s/c(=C(/C#N)c3nc4ccccc4n3C)n(-c3ccccc3)c2=O)cc1. The number of aryl methyl sites for hydroxylation is 2. The van der Waals surface area contributed by atoms with E-state index in [0.717, 1.165) is 22.2 Å². The monoisotopic (exact) mass is 448 g/mol. The average molecular weight is 449 g/mol. The maximum Gasteiger partial charge on any atom is 0.273 e. The van der Waals surface area contributed by atoms with Crippen molar-refractivity contribution in [2.45, 2.75) is 6.92 Å². The number of benzene rings is 3. The molecule has 0 radical (unpaired) electrons. The Morgan fingerprint density at radius 3 is 2.39 bits per heavy atom. The van der Waals surface area contributed by atoms with E-state index in [-0.39, 0.29) is 5.56 Å². The molecule has 3 aromatic carbocycles. The van der Waals surface area contributed by atoms with Crippen LogP contribution in [-0.4, -0.2) is 14.1 Å². The van der Waals surface area contributed by atoms with Crippen LogP contribution < -0.4 is 14.8 Å². The van der Waals surface area contributed by atoms with Gasteiger partial charge in [-0.25, -0.2) is 4.98 Å². The fraction of sp³-hybridized carbons (Fsp3) is 0.0741. The summed E-state index contributed by atoms with van der Waals surface area (Å²) in [5.74, 6) is 0.534. The van der Waals surface area contributed by atoms with E-state index in [1.807, 2.05) is 103 Å². The fourth-order valence-corrected chi connectivity index (χ4v) is 4.94. The summed E-state index contributed by atoms with van der Waals surface area (Å²) in [6, 6.07) is 27.5. The molecule has 0 saturated carbocycles. The molecule has 0 aliphatic carbocycles. The molecule has 5 nitrogen and oxygen atoms in total. The molecule has 0 aliphatic heterocycles. The first-order valence-corrected chi connectivity index (χ1v) is 11.3. The Kier molecular flexibility index (Phi) is 5.25. The molecule has 33 heavy (non-hydrogen) atoms. The lowest BCUT2D eigenvalue weighted by atomic mass is 10.1. The third kappa shape index (κ3) is 3.69. The van der Waals surface area contributed by atoms with E-state index in [4.69, 9.17) is 4.98 Å². The first kappa shape index (κ1) is 20.7. The molecular weight excluding hydrogens is 428 g/mol. The van der Waals surface area contributed by atoms with Gasteiger partial charge in [0.1, 0.15) is 16.3 Å². The molecule has 0 bridgehead atoms. The molecule has 5 aromatic rings. The maximum atomic E-state index is 13.6. The van der Waals surface area contributed by atoms with Crippen molar-refractivity contribution < 1.29 is 0 Å².